The smallest absolute Gasteiger partial charge is 0.339 e. The maximum atomic E-state index is 13.7. The van der Waals surface area contributed by atoms with Crippen LogP contribution in [0.25, 0.3) is 11.1 Å². The Balaban J connectivity index is 2.75. The molecule has 0 aliphatic carbocycles. The predicted molar refractivity (Wildman–Crippen MR) is 66.5 cm³/mol. The first-order valence-electron chi connectivity index (χ1n) is 4.98. The fourth-order valence-corrected chi connectivity index (χ4v) is 2.03. The molecule has 0 heterocycles. The number of hydrogen-bond donors (Lipinski definition) is 1. The van der Waals surface area contributed by atoms with Crippen molar-refractivity contribution in [2.75, 3.05) is 0 Å². The highest BCUT2D eigenvalue weighted by atomic mass is 79.9. The number of rotatable bonds is 2. The summed E-state index contributed by atoms with van der Waals surface area (Å²) in [7, 11) is 0. The highest BCUT2D eigenvalue weighted by molar-refractivity contribution is 9.10. The third-order valence-corrected chi connectivity index (χ3v) is 2.94. The second-order valence-electron chi connectivity index (χ2n) is 3.59. The van der Waals surface area contributed by atoms with E-state index in [0.717, 1.165) is 6.07 Å². The standard InChI is InChI=1S/C13H7BrF2O2/c14-7-4-5-10(15)9(6-7)8-2-1-3-11(16)12(8)13(17)18/h1-6H,(H,17,18). The van der Waals surface area contributed by atoms with Gasteiger partial charge in [-0.25, -0.2) is 13.6 Å². The quantitative estimate of drug-likeness (QED) is 0.906. The van der Waals surface area contributed by atoms with Crippen LogP contribution in [0.5, 0.6) is 0 Å². The molecule has 1 N–H and O–H groups in total. The Kier molecular flexibility index (Phi) is 3.43. The van der Waals surface area contributed by atoms with E-state index in [2.05, 4.69) is 15.9 Å². The minimum atomic E-state index is -1.43. The molecule has 0 saturated heterocycles. The summed E-state index contributed by atoms with van der Waals surface area (Å²) in [5, 5.41) is 8.99. The highest BCUT2D eigenvalue weighted by Crippen LogP contribution is 2.30. The van der Waals surface area contributed by atoms with Crippen LogP contribution >= 0.6 is 15.9 Å². The normalized spacial score (nSPS) is 10.4. The van der Waals surface area contributed by atoms with E-state index in [-0.39, 0.29) is 11.1 Å². The van der Waals surface area contributed by atoms with Gasteiger partial charge in [-0.2, -0.15) is 0 Å². The zero-order chi connectivity index (χ0) is 13.3. The summed E-state index contributed by atoms with van der Waals surface area (Å²) in [6.45, 7) is 0. The second-order valence-corrected chi connectivity index (χ2v) is 4.51. The predicted octanol–water partition coefficient (Wildman–Crippen LogP) is 4.09. The summed E-state index contributed by atoms with van der Waals surface area (Å²) in [4.78, 5) is 11.0. The lowest BCUT2D eigenvalue weighted by Crippen LogP contribution is -2.04. The van der Waals surface area contributed by atoms with E-state index in [1.807, 2.05) is 0 Å². The molecule has 0 bridgehead atoms. The van der Waals surface area contributed by atoms with Gasteiger partial charge in [0.15, 0.2) is 0 Å². The van der Waals surface area contributed by atoms with Gasteiger partial charge in [0.25, 0.3) is 0 Å². The van der Waals surface area contributed by atoms with E-state index in [0.29, 0.717) is 4.47 Å². The van der Waals surface area contributed by atoms with Gasteiger partial charge in [0.05, 0.1) is 0 Å². The van der Waals surface area contributed by atoms with E-state index in [9.17, 15) is 13.6 Å². The van der Waals surface area contributed by atoms with Gasteiger partial charge in [-0.1, -0.05) is 28.1 Å². The van der Waals surface area contributed by atoms with E-state index in [4.69, 9.17) is 5.11 Å². The van der Waals surface area contributed by atoms with Crippen molar-refractivity contribution in [3.8, 4) is 11.1 Å². The summed E-state index contributed by atoms with van der Waals surface area (Å²) in [5.74, 6) is -2.92. The Bertz CT molecular complexity index is 626. The van der Waals surface area contributed by atoms with Crippen molar-refractivity contribution in [3.63, 3.8) is 0 Å². The van der Waals surface area contributed by atoms with Gasteiger partial charge in [0.1, 0.15) is 17.2 Å². The van der Waals surface area contributed by atoms with Crippen molar-refractivity contribution in [2.45, 2.75) is 0 Å². The molecule has 0 amide bonds. The lowest BCUT2D eigenvalue weighted by atomic mass is 9.99. The molecule has 2 nitrogen and oxygen atoms in total. The first-order chi connectivity index (χ1) is 8.50. The average molecular weight is 313 g/mol. The van der Waals surface area contributed by atoms with Crippen LogP contribution in [0.1, 0.15) is 10.4 Å². The number of halogens is 3. The van der Waals surface area contributed by atoms with Crippen LogP contribution in [0.4, 0.5) is 8.78 Å². The van der Waals surface area contributed by atoms with Crippen LogP contribution in [-0.2, 0) is 0 Å². The average Bonchev–Trinajstić information content (AvgIpc) is 2.31. The summed E-state index contributed by atoms with van der Waals surface area (Å²) in [6, 6.07) is 7.84. The monoisotopic (exact) mass is 312 g/mol. The third-order valence-electron chi connectivity index (χ3n) is 2.45. The number of benzene rings is 2. The summed E-state index contributed by atoms with van der Waals surface area (Å²) in [5.41, 5.74) is -0.475. The highest BCUT2D eigenvalue weighted by Gasteiger charge is 2.19. The largest absolute Gasteiger partial charge is 0.478 e. The SMILES string of the molecule is O=C(O)c1c(F)cccc1-c1cc(Br)ccc1F. The van der Waals surface area contributed by atoms with Crippen molar-refractivity contribution in [1.29, 1.82) is 0 Å². The van der Waals surface area contributed by atoms with Crippen LogP contribution in [0.15, 0.2) is 40.9 Å². The molecule has 0 atom stereocenters. The number of carbonyl (C=O) groups is 1. The van der Waals surface area contributed by atoms with Gasteiger partial charge >= 0.3 is 5.97 Å². The van der Waals surface area contributed by atoms with Gasteiger partial charge < -0.3 is 5.11 Å². The van der Waals surface area contributed by atoms with Gasteiger partial charge in [0, 0.05) is 15.6 Å². The van der Waals surface area contributed by atoms with Gasteiger partial charge in [-0.3, -0.25) is 0 Å². The number of hydrogen-bond acceptors (Lipinski definition) is 1. The Hall–Kier alpha value is -1.75. The minimum Gasteiger partial charge on any atom is -0.478 e. The lowest BCUT2D eigenvalue weighted by Gasteiger charge is -2.08. The number of carboxylic acid groups (broad SMARTS) is 1. The zero-order valence-electron chi connectivity index (χ0n) is 8.95. The molecule has 0 unspecified atom stereocenters. The molecule has 0 aliphatic rings. The first kappa shape index (κ1) is 12.7. The molecule has 18 heavy (non-hydrogen) atoms. The lowest BCUT2D eigenvalue weighted by molar-refractivity contribution is 0.0693. The van der Waals surface area contributed by atoms with Crippen LogP contribution < -0.4 is 0 Å². The molecule has 0 aromatic heterocycles. The van der Waals surface area contributed by atoms with Gasteiger partial charge in [0.2, 0.25) is 0 Å². The molecule has 0 radical (unpaired) electrons. The van der Waals surface area contributed by atoms with Crippen molar-refractivity contribution >= 4 is 21.9 Å². The summed E-state index contributed by atoms with van der Waals surface area (Å²) in [6.07, 6.45) is 0. The van der Waals surface area contributed by atoms with E-state index in [1.165, 1.54) is 30.3 Å². The molecule has 5 heteroatoms. The summed E-state index contributed by atoms with van der Waals surface area (Å²) < 4.78 is 27.8. The van der Waals surface area contributed by atoms with Crippen molar-refractivity contribution < 1.29 is 18.7 Å². The molecule has 2 aromatic carbocycles. The van der Waals surface area contributed by atoms with Crippen molar-refractivity contribution in [2.24, 2.45) is 0 Å². The van der Waals surface area contributed by atoms with Crippen LogP contribution in [0, 0.1) is 11.6 Å². The van der Waals surface area contributed by atoms with Crippen molar-refractivity contribution in [1.82, 2.24) is 0 Å². The Morgan fingerprint density at radius 1 is 1.06 bits per heavy atom. The first-order valence-corrected chi connectivity index (χ1v) is 5.77. The van der Waals surface area contributed by atoms with Crippen LogP contribution in [0.2, 0.25) is 0 Å². The molecule has 2 rings (SSSR count). The molecular formula is C13H7BrF2O2. The molecular weight excluding hydrogens is 306 g/mol. The Morgan fingerprint density at radius 3 is 2.44 bits per heavy atom. The molecule has 0 spiro atoms. The molecule has 0 fully saturated rings. The van der Waals surface area contributed by atoms with Gasteiger partial charge in [-0.05, 0) is 24.3 Å². The van der Waals surface area contributed by atoms with Crippen LogP contribution in [-0.4, -0.2) is 11.1 Å². The summed E-state index contributed by atoms with van der Waals surface area (Å²) >= 11 is 3.17. The zero-order valence-corrected chi connectivity index (χ0v) is 10.5. The third kappa shape index (κ3) is 2.26. The Labute approximate surface area is 110 Å². The fraction of sp³-hybridized carbons (Fsp3) is 0. The van der Waals surface area contributed by atoms with Crippen LogP contribution in [0.3, 0.4) is 0 Å². The number of carboxylic acids is 1. The van der Waals surface area contributed by atoms with E-state index >= 15 is 0 Å². The van der Waals surface area contributed by atoms with Crippen molar-refractivity contribution in [3.05, 3.63) is 58.1 Å². The molecule has 0 saturated carbocycles. The topological polar surface area (TPSA) is 37.3 Å². The van der Waals surface area contributed by atoms with E-state index in [1.54, 1.807) is 0 Å². The Morgan fingerprint density at radius 2 is 1.78 bits per heavy atom. The fourth-order valence-electron chi connectivity index (χ4n) is 1.67. The maximum absolute atomic E-state index is 13.7. The minimum absolute atomic E-state index is 0.0151. The van der Waals surface area contributed by atoms with Gasteiger partial charge in [-0.15, -0.1) is 0 Å². The number of aromatic carboxylic acids is 1. The second kappa shape index (κ2) is 4.86. The maximum Gasteiger partial charge on any atom is 0.339 e. The molecule has 92 valence electrons. The van der Waals surface area contributed by atoms with E-state index < -0.39 is 23.2 Å². The molecule has 2 aromatic rings. The molecule has 0 aliphatic heterocycles.